The van der Waals surface area contributed by atoms with Crippen molar-refractivity contribution in [1.82, 2.24) is 9.21 Å². The van der Waals surface area contributed by atoms with Crippen LogP contribution in [0.25, 0.3) is 11.1 Å². The minimum Gasteiger partial charge on any atom is -0.489 e. The van der Waals surface area contributed by atoms with Crippen LogP contribution in [0.4, 0.5) is 16.2 Å². The van der Waals surface area contributed by atoms with Crippen molar-refractivity contribution in [2.75, 3.05) is 30.3 Å². The fourth-order valence-electron chi connectivity index (χ4n) is 6.07. The molecule has 11 heteroatoms. The number of hydrogen-bond acceptors (Lipinski definition) is 6. The zero-order valence-corrected chi connectivity index (χ0v) is 30.1. The Morgan fingerprint density at radius 1 is 0.593 bits per heavy atom. The summed E-state index contributed by atoms with van der Waals surface area (Å²) in [5, 5.41) is 5.73. The molecular weight excluding hydrogens is 701 g/mol. The molecule has 6 aromatic rings. The molecule has 1 unspecified atom stereocenters. The largest absolute Gasteiger partial charge is 0.489 e. The van der Waals surface area contributed by atoms with E-state index in [0.717, 1.165) is 16.7 Å². The number of carbonyl (C=O) groups is 2. The number of piperazine rings is 1. The van der Waals surface area contributed by atoms with Crippen molar-refractivity contribution < 1.29 is 27.5 Å². The van der Waals surface area contributed by atoms with Crippen LogP contribution in [0.5, 0.6) is 17.2 Å². The van der Waals surface area contributed by atoms with E-state index in [-0.39, 0.29) is 24.5 Å². The second kappa shape index (κ2) is 16.5. The third-order valence-electron chi connectivity index (χ3n) is 8.94. The number of anilines is 2. The predicted molar refractivity (Wildman–Crippen MR) is 209 cm³/mol. The Bertz CT molecular complexity index is 2270. The van der Waals surface area contributed by atoms with Crippen LogP contribution in [0, 0.1) is 0 Å². The lowest BCUT2D eigenvalue weighted by Gasteiger charge is -2.39. The lowest BCUT2D eigenvalue weighted by Crippen LogP contribution is -2.60. The first-order valence-corrected chi connectivity index (χ1v) is 18.9. The van der Waals surface area contributed by atoms with E-state index in [1.807, 2.05) is 91.0 Å². The Hall–Kier alpha value is -6.43. The first-order chi connectivity index (χ1) is 26.3. The van der Waals surface area contributed by atoms with Gasteiger partial charge < -0.3 is 25.0 Å². The highest BCUT2D eigenvalue weighted by atomic mass is 32.2. The van der Waals surface area contributed by atoms with Gasteiger partial charge >= 0.3 is 6.03 Å². The van der Waals surface area contributed by atoms with Gasteiger partial charge in [-0.3, -0.25) is 4.79 Å². The molecule has 3 amide bonds. The number of nitrogens with zero attached hydrogens (tertiary/aromatic N) is 2. The standard InChI is InChI=1S/C43H38N4O6S/c48-42(44-35-20-24-39(25-21-35)53-38-14-8-3-9-15-38)41-30-46(43(49)45-36-18-22-37(23-19-36)52-31-32-10-4-1-5-11-32)28-29-47(41)54(50,51)40-26-16-34(17-27-40)33-12-6-2-7-13-33/h1-27,41H,28-31H2,(H,44,48)(H,45,49). The SMILES string of the molecule is O=C(Nc1ccc(Oc2ccccc2)cc1)C1CN(C(=O)Nc2ccc(OCc3ccccc3)cc2)CCN1S(=O)(=O)c1ccc(-c2ccccc2)cc1. The van der Waals surface area contributed by atoms with Gasteiger partial charge in [-0.25, -0.2) is 13.2 Å². The normalized spacial score (nSPS) is 14.5. The zero-order chi connectivity index (χ0) is 37.3. The maximum absolute atomic E-state index is 14.2. The van der Waals surface area contributed by atoms with Gasteiger partial charge in [-0.2, -0.15) is 4.31 Å². The van der Waals surface area contributed by atoms with Crippen molar-refractivity contribution in [3.63, 3.8) is 0 Å². The van der Waals surface area contributed by atoms with E-state index in [2.05, 4.69) is 10.6 Å². The molecule has 272 valence electrons. The fourth-order valence-corrected chi connectivity index (χ4v) is 7.64. The van der Waals surface area contributed by atoms with Crippen molar-refractivity contribution in [3.8, 4) is 28.4 Å². The summed E-state index contributed by atoms with van der Waals surface area (Å²) in [7, 11) is -4.15. The molecule has 1 aliphatic heterocycles. The summed E-state index contributed by atoms with van der Waals surface area (Å²) in [6.07, 6.45) is 0. The Labute approximate surface area is 314 Å². The van der Waals surface area contributed by atoms with Crippen LogP contribution >= 0.6 is 0 Å². The quantitative estimate of drug-likeness (QED) is 0.138. The van der Waals surface area contributed by atoms with Crippen LogP contribution in [0.3, 0.4) is 0 Å². The smallest absolute Gasteiger partial charge is 0.321 e. The van der Waals surface area contributed by atoms with Gasteiger partial charge in [0.05, 0.1) is 4.90 Å². The van der Waals surface area contributed by atoms with Gasteiger partial charge in [0.2, 0.25) is 15.9 Å². The molecule has 0 spiro atoms. The van der Waals surface area contributed by atoms with Gasteiger partial charge in [0.15, 0.2) is 0 Å². The van der Waals surface area contributed by atoms with Crippen molar-refractivity contribution in [1.29, 1.82) is 0 Å². The summed E-state index contributed by atoms with van der Waals surface area (Å²) < 4.78 is 41.2. The molecule has 0 saturated carbocycles. The summed E-state index contributed by atoms with van der Waals surface area (Å²) in [5.41, 5.74) is 3.82. The first kappa shape index (κ1) is 36.0. The minimum absolute atomic E-state index is 0.0508. The molecule has 6 aromatic carbocycles. The molecular formula is C43H38N4O6S. The van der Waals surface area contributed by atoms with Crippen molar-refractivity contribution in [3.05, 3.63) is 169 Å². The minimum atomic E-state index is -4.15. The Morgan fingerprint density at radius 2 is 1.13 bits per heavy atom. The molecule has 0 aliphatic carbocycles. The number of hydrogen-bond donors (Lipinski definition) is 2. The average molecular weight is 739 g/mol. The van der Waals surface area contributed by atoms with Crippen molar-refractivity contribution >= 4 is 33.3 Å². The second-order valence-electron chi connectivity index (χ2n) is 12.6. The molecule has 0 bridgehead atoms. The van der Waals surface area contributed by atoms with E-state index in [1.54, 1.807) is 72.8 Å². The van der Waals surface area contributed by atoms with Crippen LogP contribution in [0.1, 0.15) is 5.56 Å². The average Bonchev–Trinajstić information content (AvgIpc) is 3.22. The van der Waals surface area contributed by atoms with Crippen molar-refractivity contribution in [2.24, 2.45) is 0 Å². The van der Waals surface area contributed by atoms with Crippen LogP contribution in [0.15, 0.2) is 169 Å². The van der Waals surface area contributed by atoms with E-state index in [0.29, 0.717) is 35.2 Å². The molecule has 1 aliphatic rings. The number of sulfonamides is 1. The zero-order valence-electron chi connectivity index (χ0n) is 29.2. The molecule has 10 nitrogen and oxygen atoms in total. The van der Waals surface area contributed by atoms with Gasteiger partial charge in [-0.15, -0.1) is 0 Å². The molecule has 0 radical (unpaired) electrons. The molecule has 7 rings (SSSR count). The Morgan fingerprint density at radius 3 is 1.78 bits per heavy atom. The third kappa shape index (κ3) is 8.77. The number of nitrogens with one attached hydrogen (secondary N) is 2. The summed E-state index contributed by atoms with van der Waals surface area (Å²) in [6, 6.07) is 47.4. The van der Waals surface area contributed by atoms with Gasteiger partial charge in [-0.1, -0.05) is 91.0 Å². The summed E-state index contributed by atoms with van der Waals surface area (Å²) in [5.74, 6) is 1.30. The number of rotatable bonds is 11. The van der Waals surface area contributed by atoms with E-state index in [4.69, 9.17) is 9.47 Å². The van der Waals surface area contributed by atoms with Gasteiger partial charge in [0.25, 0.3) is 0 Å². The lowest BCUT2D eigenvalue weighted by molar-refractivity contribution is -0.121. The molecule has 1 heterocycles. The molecule has 1 atom stereocenters. The maximum Gasteiger partial charge on any atom is 0.321 e. The van der Waals surface area contributed by atoms with E-state index < -0.39 is 28.0 Å². The molecule has 0 aromatic heterocycles. The van der Waals surface area contributed by atoms with Crippen LogP contribution in [-0.4, -0.2) is 55.2 Å². The van der Waals surface area contributed by atoms with Gasteiger partial charge in [0, 0.05) is 31.0 Å². The predicted octanol–water partition coefficient (Wildman–Crippen LogP) is 8.27. The molecule has 2 N–H and O–H groups in total. The topological polar surface area (TPSA) is 117 Å². The number of amides is 3. The lowest BCUT2D eigenvalue weighted by atomic mass is 10.1. The maximum atomic E-state index is 14.2. The van der Waals surface area contributed by atoms with Crippen molar-refractivity contribution in [2.45, 2.75) is 17.5 Å². The molecule has 54 heavy (non-hydrogen) atoms. The van der Waals surface area contributed by atoms with Gasteiger partial charge in [-0.05, 0) is 89.5 Å². The highest BCUT2D eigenvalue weighted by molar-refractivity contribution is 7.89. The molecule has 1 saturated heterocycles. The fraction of sp³-hybridized carbons (Fsp3) is 0.116. The van der Waals surface area contributed by atoms with Crippen LogP contribution in [0.2, 0.25) is 0 Å². The second-order valence-corrected chi connectivity index (χ2v) is 14.5. The number of benzene rings is 6. The Kier molecular flexibility index (Phi) is 11.0. The summed E-state index contributed by atoms with van der Waals surface area (Å²) >= 11 is 0. The van der Waals surface area contributed by atoms with Crippen LogP contribution in [-0.2, 0) is 21.4 Å². The third-order valence-corrected chi connectivity index (χ3v) is 10.9. The highest BCUT2D eigenvalue weighted by Crippen LogP contribution is 2.28. The van der Waals surface area contributed by atoms with E-state index in [9.17, 15) is 18.0 Å². The monoisotopic (exact) mass is 738 g/mol. The first-order valence-electron chi connectivity index (χ1n) is 17.5. The number of urea groups is 1. The molecule has 1 fully saturated rings. The Balaban J connectivity index is 1.06. The van der Waals surface area contributed by atoms with Gasteiger partial charge in [0.1, 0.15) is 29.9 Å². The summed E-state index contributed by atoms with van der Waals surface area (Å²) in [6.45, 7) is 0.212. The number of carbonyl (C=O) groups excluding carboxylic acids is 2. The van der Waals surface area contributed by atoms with Crippen LogP contribution < -0.4 is 20.1 Å². The van der Waals surface area contributed by atoms with E-state index >= 15 is 0 Å². The van der Waals surface area contributed by atoms with E-state index in [1.165, 1.54) is 9.21 Å². The highest BCUT2D eigenvalue weighted by Gasteiger charge is 2.41. The number of ether oxygens (including phenoxy) is 2. The summed E-state index contributed by atoms with van der Waals surface area (Å²) in [4.78, 5) is 29.0. The number of para-hydroxylation sites is 1.